The van der Waals surface area contributed by atoms with Gasteiger partial charge >= 0.3 is 0 Å². The molecule has 0 amide bonds. The first-order chi connectivity index (χ1) is 21.6. The molecule has 0 aromatic heterocycles. The van der Waals surface area contributed by atoms with Gasteiger partial charge in [-0.2, -0.15) is 0 Å². The Morgan fingerprint density at radius 3 is 1.71 bits per heavy atom. The molecule has 2 aliphatic rings. The number of methoxy groups -OCH3 is 4. The lowest BCUT2D eigenvalue weighted by molar-refractivity contribution is -0.323. The average molecular weight is 641 g/mol. The zero-order valence-electron chi connectivity index (χ0n) is 25.1. The van der Waals surface area contributed by atoms with Crippen LogP contribution in [0.5, 0.6) is 28.7 Å². The van der Waals surface area contributed by atoms with Crippen molar-refractivity contribution in [2.45, 2.75) is 61.4 Å². The minimum absolute atomic E-state index is 0.144. The van der Waals surface area contributed by atoms with Crippen LogP contribution in [0.15, 0.2) is 30.3 Å². The molecule has 0 aliphatic carbocycles. The number of rotatable bonds is 12. The SMILES string of the molecule is COc1ccc(/C=C\c2cc(OC)c(OC)c(OC)c2)cc1O[C@@H]1O[C@H](CO[C@H]2O[C@H](CO)[C@H](O)[C@H](O)[C@H]2O)[C@@H](O)[C@H](O)[C@H]1O. The fourth-order valence-electron chi connectivity index (χ4n) is 4.95. The van der Waals surface area contributed by atoms with Gasteiger partial charge in [0.1, 0.15) is 48.8 Å². The van der Waals surface area contributed by atoms with Gasteiger partial charge in [-0.3, -0.25) is 0 Å². The van der Waals surface area contributed by atoms with E-state index in [0.717, 1.165) is 5.56 Å². The summed E-state index contributed by atoms with van der Waals surface area (Å²) in [4.78, 5) is 0. The molecule has 10 atom stereocenters. The van der Waals surface area contributed by atoms with Crippen molar-refractivity contribution in [2.24, 2.45) is 0 Å². The lowest BCUT2D eigenvalue weighted by Crippen LogP contribution is -2.62. The van der Waals surface area contributed by atoms with E-state index in [1.165, 1.54) is 28.4 Å². The fourth-order valence-corrected chi connectivity index (χ4v) is 4.95. The predicted molar refractivity (Wildman–Crippen MR) is 155 cm³/mol. The van der Waals surface area contributed by atoms with Crippen LogP contribution in [0, 0.1) is 0 Å². The summed E-state index contributed by atoms with van der Waals surface area (Å²) >= 11 is 0. The van der Waals surface area contributed by atoms with Crippen LogP contribution in [0.1, 0.15) is 11.1 Å². The van der Waals surface area contributed by atoms with Gasteiger partial charge in [0.25, 0.3) is 0 Å². The van der Waals surface area contributed by atoms with E-state index in [0.29, 0.717) is 22.8 Å². The Bertz CT molecular complexity index is 1260. The standard InChI is InChI=1S/C30H40O15/c1-38-16-8-7-14(5-6-15-10-18(39-2)28(41-4)19(11-15)40-3)9-17(16)43-30-27(37)25(35)23(33)21(45-30)13-42-29-26(36)24(34)22(32)20(12-31)44-29/h5-11,20-27,29-37H,12-13H2,1-4H3/b6-5-/t20-,21-,22+,23-,24+,25+,26-,27-,29+,30-/m1/s1. The quantitative estimate of drug-likeness (QED) is 0.137. The van der Waals surface area contributed by atoms with Gasteiger partial charge in [0.15, 0.2) is 29.3 Å². The molecule has 2 aromatic rings. The fraction of sp³-hybridized carbons (Fsp3) is 0.533. The molecule has 0 radical (unpaired) electrons. The van der Waals surface area contributed by atoms with Gasteiger partial charge in [0.2, 0.25) is 12.0 Å². The monoisotopic (exact) mass is 640 g/mol. The van der Waals surface area contributed by atoms with Crippen molar-refractivity contribution >= 4 is 12.2 Å². The summed E-state index contributed by atoms with van der Waals surface area (Å²) in [5, 5.41) is 71.4. The van der Waals surface area contributed by atoms with Crippen LogP contribution >= 0.6 is 0 Å². The van der Waals surface area contributed by atoms with E-state index in [1.54, 1.807) is 42.5 Å². The Hall–Kier alpha value is -3.22. The van der Waals surface area contributed by atoms with E-state index in [1.807, 2.05) is 0 Å². The van der Waals surface area contributed by atoms with Crippen molar-refractivity contribution in [1.29, 1.82) is 0 Å². The van der Waals surface area contributed by atoms with Gasteiger partial charge < -0.3 is 73.6 Å². The average Bonchev–Trinajstić information content (AvgIpc) is 3.06. The first-order valence-electron chi connectivity index (χ1n) is 14.0. The normalized spacial score (nSPS) is 31.9. The van der Waals surface area contributed by atoms with E-state index >= 15 is 0 Å². The van der Waals surface area contributed by atoms with Crippen molar-refractivity contribution in [2.75, 3.05) is 41.7 Å². The minimum atomic E-state index is -1.72. The summed E-state index contributed by atoms with van der Waals surface area (Å²) in [7, 11) is 5.96. The van der Waals surface area contributed by atoms with Crippen molar-refractivity contribution < 1.29 is 73.6 Å². The molecule has 2 heterocycles. The first kappa shape index (κ1) is 34.6. The van der Waals surface area contributed by atoms with E-state index in [2.05, 4.69) is 0 Å². The summed E-state index contributed by atoms with van der Waals surface area (Å²) in [5.41, 5.74) is 1.40. The van der Waals surface area contributed by atoms with Crippen LogP contribution in [0.25, 0.3) is 12.2 Å². The zero-order chi connectivity index (χ0) is 32.8. The van der Waals surface area contributed by atoms with Gasteiger partial charge in [-0.1, -0.05) is 18.2 Å². The lowest BCUT2D eigenvalue weighted by Gasteiger charge is -2.42. The van der Waals surface area contributed by atoms with Crippen LogP contribution in [0.3, 0.4) is 0 Å². The molecular weight excluding hydrogens is 600 g/mol. The molecule has 7 N–H and O–H groups in total. The summed E-state index contributed by atoms with van der Waals surface area (Å²) < 4.78 is 44.0. The van der Waals surface area contributed by atoms with Gasteiger partial charge in [-0.15, -0.1) is 0 Å². The second-order valence-electron chi connectivity index (χ2n) is 10.4. The molecule has 2 aromatic carbocycles. The summed E-state index contributed by atoms with van der Waals surface area (Å²) in [5.74, 6) is 1.83. The molecule has 0 spiro atoms. The molecule has 15 nitrogen and oxygen atoms in total. The highest BCUT2D eigenvalue weighted by Crippen LogP contribution is 2.39. The molecule has 45 heavy (non-hydrogen) atoms. The molecule has 0 saturated carbocycles. The second kappa shape index (κ2) is 15.4. The second-order valence-corrected chi connectivity index (χ2v) is 10.4. The highest BCUT2D eigenvalue weighted by atomic mass is 16.7. The molecule has 4 rings (SSSR count). The predicted octanol–water partition coefficient (Wildman–Crippen LogP) is -1.11. The molecule has 2 saturated heterocycles. The summed E-state index contributed by atoms with van der Waals surface area (Å²) in [6, 6.07) is 8.53. The Balaban J connectivity index is 1.50. The number of benzene rings is 2. The molecule has 15 heteroatoms. The maximum absolute atomic E-state index is 10.7. The maximum Gasteiger partial charge on any atom is 0.229 e. The third-order valence-corrected chi connectivity index (χ3v) is 7.53. The Morgan fingerprint density at radius 1 is 0.600 bits per heavy atom. The molecule has 2 aliphatic heterocycles. The van der Waals surface area contributed by atoms with Crippen LogP contribution in [0.2, 0.25) is 0 Å². The van der Waals surface area contributed by atoms with Crippen LogP contribution in [-0.2, 0) is 14.2 Å². The Kier molecular flexibility index (Phi) is 11.8. The Labute approximate surface area is 259 Å². The van der Waals surface area contributed by atoms with Gasteiger partial charge in [-0.25, -0.2) is 0 Å². The summed E-state index contributed by atoms with van der Waals surface area (Å²) in [6.07, 6.45) is -11.9. The van der Waals surface area contributed by atoms with Crippen molar-refractivity contribution in [1.82, 2.24) is 0 Å². The largest absolute Gasteiger partial charge is 0.493 e. The topological polar surface area (TPSA) is 215 Å². The molecule has 250 valence electrons. The first-order valence-corrected chi connectivity index (χ1v) is 14.0. The molecule has 0 unspecified atom stereocenters. The smallest absolute Gasteiger partial charge is 0.229 e. The highest BCUT2D eigenvalue weighted by molar-refractivity contribution is 5.73. The van der Waals surface area contributed by atoms with Gasteiger partial charge in [-0.05, 0) is 35.4 Å². The number of ether oxygens (including phenoxy) is 8. The Morgan fingerprint density at radius 2 is 1.13 bits per heavy atom. The highest BCUT2D eigenvalue weighted by Gasteiger charge is 2.48. The van der Waals surface area contributed by atoms with E-state index in [4.69, 9.17) is 37.9 Å². The van der Waals surface area contributed by atoms with E-state index in [-0.39, 0.29) is 11.5 Å². The molecule has 0 bridgehead atoms. The number of aliphatic hydroxyl groups excluding tert-OH is 7. The maximum atomic E-state index is 10.7. The van der Waals surface area contributed by atoms with Crippen LogP contribution in [-0.4, -0.2) is 139 Å². The van der Waals surface area contributed by atoms with Crippen LogP contribution in [0.4, 0.5) is 0 Å². The van der Waals surface area contributed by atoms with E-state index < -0.39 is 74.6 Å². The molecular formula is C30H40O15. The van der Waals surface area contributed by atoms with Gasteiger partial charge in [0, 0.05) is 0 Å². The number of hydrogen-bond donors (Lipinski definition) is 7. The van der Waals surface area contributed by atoms with Crippen molar-refractivity contribution in [3.05, 3.63) is 41.5 Å². The van der Waals surface area contributed by atoms with Gasteiger partial charge in [0.05, 0.1) is 41.7 Å². The summed E-state index contributed by atoms with van der Waals surface area (Å²) in [6.45, 7) is -1.16. The minimum Gasteiger partial charge on any atom is -0.493 e. The van der Waals surface area contributed by atoms with E-state index in [9.17, 15) is 35.7 Å². The zero-order valence-corrected chi connectivity index (χ0v) is 25.1. The number of hydrogen-bond acceptors (Lipinski definition) is 15. The van der Waals surface area contributed by atoms with Crippen LogP contribution < -0.4 is 23.7 Å². The third-order valence-electron chi connectivity index (χ3n) is 7.53. The van der Waals surface area contributed by atoms with Crippen molar-refractivity contribution in [3.8, 4) is 28.7 Å². The lowest BCUT2D eigenvalue weighted by atomic mass is 9.98. The third kappa shape index (κ3) is 7.61. The van der Waals surface area contributed by atoms with Crippen molar-refractivity contribution in [3.63, 3.8) is 0 Å². The number of aliphatic hydroxyl groups is 7. The molecule has 2 fully saturated rings.